The average molecular weight is 240 g/mol. The van der Waals surface area contributed by atoms with Crippen LogP contribution in [0.5, 0.6) is 0 Å². The molecule has 96 valence electrons. The lowest BCUT2D eigenvalue weighted by Gasteiger charge is -2.24. The Morgan fingerprint density at radius 3 is 2.35 bits per heavy atom. The molecule has 3 aliphatic rings. The zero-order valence-electron chi connectivity index (χ0n) is 9.93. The molecular formula is C12H20N2O3. The van der Waals surface area contributed by atoms with Gasteiger partial charge in [-0.3, -0.25) is 4.79 Å². The number of β-amino-alcohol motifs (C(OH)–C–C–N with tert-alkyl or cyclic N) is 2. The van der Waals surface area contributed by atoms with Gasteiger partial charge < -0.3 is 20.4 Å². The van der Waals surface area contributed by atoms with E-state index in [0.29, 0.717) is 13.1 Å². The normalized spacial score (nSPS) is 39.6. The van der Waals surface area contributed by atoms with Crippen molar-refractivity contribution in [3.05, 3.63) is 0 Å². The largest absolute Gasteiger partial charge is 0.388 e. The highest BCUT2D eigenvalue weighted by Gasteiger charge is 2.59. The fraction of sp³-hybridized carbons (Fsp3) is 0.917. The third-order valence-corrected chi connectivity index (χ3v) is 4.66. The minimum absolute atomic E-state index is 0.141. The van der Waals surface area contributed by atoms with Crippen LogP contribution in [0.2, 0.25) is 0 Å². The SMILES string of the molecule is O=C(C1CC12CCNCC2)N1C[C@@H](O)[C@@H](O)C1. The number of carbonyl (C=O) groups excluding carboxylic acids is 1. The Morgan fingerprint density at radius 2 is 1.76 bits per heavy atom. The standard InChI is InChI=1S/C12H20N2O3/c15-9-6-14(7-10(9)16)11(17)8-5-12(8)1-3-13-4-2-12/h8-10,13,15-16H,1-7H2/t8?,9-,10+. The van der Waals surface area contributed by atoms with E-state index in [9.17, 15) is 15.0 Å². The van der Waals surface area contributed by atoms with Crippen molar-refractivity contribution < 1.29 is 15.0 Å². The van der Waals surface area contributed by atoms with E-state index in [1.54, 1.807) is 4.90 Å². The molecule has 2 saturated heterocycles. The van der Waals surface area contributed by atoms with E-state index >= 15 is 0 Å². The lowest BCUT2D eigenvalue weighted by atomic mass is 9.91. The van der Waals surface area contributed by atoms with E-state index in [1.165, 1.54) is 0 Å². The molecule has 0 aromatic rings. The van der Waals surface area contributed by atoms with E-state index in [0.717, 1.165) is 32.4 Å². The van der Waals surface area contributed by atoms with Crippen LogP contribution in [0.25, 0.3) is 0 Å². The monoisotopic (exact) mass is 240 g/mol. The van der Waals surface area contributed by atoms with Gasteiger partial charge >= 0.3 is 0 Å². The van der Waals surface area contributed by atoms with Gasteiger partial charge in [-0.2, -0.15) is 0 Å². The first-order valence-corrected chi connectivity index (χ1v) is 6.48. The van der Waals surface area contributed by atoms with Crippen molar-refractivity contribution in [2.24, 2.45) is 11.3 Å². The number of piperidine rings is 1. The van der Waals surface area contributed by atoms with Crippen molar-refractivity contribution in [2.45, 2.75) is 31.5 Å². The summed E-state index contributed by atoms with van der Waals surface area (Å²) in [5.41, 5.74) is 0.237. The summed E-state index contributed by atoms with van der Waals surface area (Å²) < 4.78 is 0. The molecular weight excluding hydrogens is 220 g/mol. The summed E-state index contributed by atoms with van der Waals surface area (Å²) in [5, 5.41) is 22.3. The Morgan fingerprint density at radius 1 is 1.18 bits per heavy atom. The first kappa shape index (κ1) is 11.4. The molecule has 0 radical (unpaired) electrons. The minimum atomic E-state index is -0.762. The van der Waals surface area contributed by atoms with E-state index in [-0.39, 0.29) is 17.2 Å². The predicted molar refractivity (Wildman–Crippen MR) is 61.2 cm³/mol. The molecule has 5 heteroatoms. The number of nitrogens with one attached hydrogen (secondary N) is 1. The molecule has 0 aromatic heterocycles. The summed E-state index contributed by atoms with van der Waals surface area (Å²) in [4.78, 5) is 13.9. The summed E-state index contributed by atoms with van der Waals surface area (Å²) >= 11 is 0. The maximum Gasteiger partial charge on any atom is 0.226 e. The van der Waals surface area contributed by atoms with Gasteiger partial charge in [-0.15, -0.1) is 0 Å². The van der Waals surface area contributed by atoms with Crippen molar-refractivity contribution in [3.63, 3.8) is 0 Å². The molecule has 17 heavy (non-hydrogen) atoms. The molecule has 1 aliphatic carbocycles. The van der Waals surface area contributed by atoms with Crippen molar-refractivity contribution >= 4 is 5.91 Å². The zero-order valence-corrected chi connectivity index (χ0v) is 9.93. The van der Waals surface area contributed by atoms with Gasteiger partial charge in [-0.1, -0.05) is 0 Å². The number of hydrogen-bond donors (Lipinski definition) is 3. The Bertz CT molecular complexity index is 318. The summed E-state index contributed by atoms with van der Waals surface area (Å²) in [6, 6.07) is 0. The van der Waals surface area contributed by atoms with Gasteiger partial charge in [0.25, 0.3) is 0 Å². The van der Waals surface area contributed by atoms with Gasteiger partial charge in [0, 0.05) is 19.0 Å². The number of aliphatic hydroxyl groups excluding tert-OH is 2. The smallest absolute Gasteiger partial charge is 0.226 e. The molecule has 1 saturated carbocycles. The highest BCUT2D eigenvalue weighted by molar-refractivity contribution is 5.83. The van der Waals surface area contributed by atoms with Crippen LogP contribution in [0, 0.1) is 11.3 Å². The molecule has 0 bridgehead atoms. The molecule has 5 nitrogen and oxygen atoms in total. The second-order valence-electron chi connectivity index (χ2n) is 5.75. The first-order chi connectivity index (χ1) is 8.12. The lowest BCUT2D eigenvalue weighted by molar-refractivity contribution is -0.133. The Labute approximate surface area is 101 Å². The zero-order chi connectivity index (χ0) is 12.0. The van der Waals surface area contributed by atoms with Crippen molar-refractivity contribution in [2.75, 3.05) is 26.2 Å². The second kappa shape index (κ2) is 3.93. The maximum atomic E-state index is 12.3. The summed E-state index contributed by atoms with van der Waals surface area (Å²) in [5.74, 6) is 0.282. The topological polar surface area (TPSA) is 72.8 Å². The second-order valence-corrected chi connectivity index (χ2v) is 5.75. The van der Waals surface area contributed by atoms with Gasteiger partial charge in [-0.05, 0) is 37.8 Å². The van der Waals surface area contributed by atoms with E-state index < -0.39 is 12.2 Å². The van der Waals surface area contributed by atoms with Crippen LogP contribution < -0.4 is 5.32 Å². The minimum Gasteiger partial charge on any atom is -0.388 e. The number of nitrogens with zero attached hydrogens (tertiary/aromatic N) is 1. The third kappa shape index (κ3) is 1.86. The number of rotatable bonds is 1. The van der Waals surface area contributed by atoms with Crippen LogP contribution in [-0.2, 0) is 4.79 Å². The molecule has 1 spiro atoms. The Hall–Kier alpha value is -0.650. The highest BCUT2D eigenvalue weighted by Crippen LogP contribution is 2.59. The average Bonchev–Trinajstić information content (AvgIpc) is 2.90. The quantitative estimate of drug-likeness (QED) is 0.546. The lowest BCUT2D eigenvalue weighted by Crippen LogP contribution is -2.36. The molecule has 3 rings (SSSR count). The molecule has 3 N–H and O–H groups in total. The van der Waals surface area contributed by atoms with Crippen LogP contribution in [-0.4, -0.2) is 59.4 Å². The molecule has 1 unspecified atom stereocenters. The van der Waals surface area contributed by atoms with Crippen LogP contribution >= 0.6 is 0 Å². The molecule has 2 aliphatic heterocycles. The molecule has 0 aromatic carbocycles. The van der Waals surface area contributed by atoms with Gasteiger partial charge in [0.15, 0.2) is 0 Å². The number of carbonyl (C=O) groups is 1. The van der Waals surface area contributed by atoms with E-state index in [4.69, 9.17) is 0 Å². The maximum absolute atomic E-state index is 12.3. The Kier molecular flexibility index (Phi) is 2.65. The predicted octanol–water partition coefficient (Wildman–Crippen LogP) is -1.06. The fourth-order valence-electron chi connectivity index (χ4n) is 3.34. The van der Waals surface area contributed by atoms with Crippen molar-refractivity contribution in [1.82, 2.24) is 10.2 Å². The summed E-state index contributed by atoms with van der Waals surface area (Å²) in [7, 11) is 0. The summed E-state index contributed by atoms with van der Waals surface area (Å²) in [6.45, 7) is 2.61. The molecule has 2 heterocycles. The number of aliphatic hydroxyl groups is 2. The molecule has 1 amide bonds. The van der Waals surface area contributed by atoms with Gasteiger partial charge in [0.1, 0.15) is 0 Å². The van der Waals surface area contributed by atoms with Gasteiger partial charge in [-0.25, -0.2) is 0 Å². The summed E-state index contributed by atoms with van der Waals surface area (Å²) in [6.07, 6.45) is 1.64. The van der Waals surface area contributed by atoms with Crippen molar-refractivity contribution in [3.8, 4) is 0 Å². The van der Waals surface area contributed by atoms with E-state index in [2.05, 4.69) is 5.32 Å². The number of amides is 1. The van der Waals surface area contributed by atoms with Crippen LogP contribution in [0.4, 0.5) is 0 Å². The first-order valence-electron chi connectivity index (χ1n) is 6.48. The molecule has 3 atom stereocenters. The van der Waals surface area contributed by atoms with Crippen LogP contribution in [0.1, 0.15) is 19.3 Å². The van der Waals surface area contributed by atoms with Crippen molar-refractivity contribution in [1.29, 1.82) is 0 Å². The highest BCUT2D eigenvalue weighted by atomic mass is 16.3. The van der Waals surface area contributed by atoms with Gasteiger partial charge in [0.2, 0.25) is 5.91 Å². The fourth-order valence-corrected chi connectivity index (χ4v) is 3.34. The number of hydrogen-bond acceptors (Lipinski definition) is 4. The Balaban J connectivity index is 1.61. The van der Waals surface area contributed by atoms with Crippen LogP contribution in [0.3, 0.4) is 0 Å². The third-order valence-electron chi connectivity index (χ3n) is 4.66. The number of likely N-dealkylation sites (tertiary alicyclic amines) is 1. The van der Waals surface area contributed by atoms with Gasteiger partial charge in [0.05, 0.1) is 12.2 Å². The van der Waals surface area contributed by atoms with Crippen LogP contribution in [0.15, 0.2) is 0 Å². The van der Waals surface area contributed by atoms with E-state index in [1.807, 2.05) is 0 Å². The molecule has 3 fully saturated rings.